The van der Waals surface area contributed by atoms with Crippen molar-refractivity contribution in [3.8, 4) is 0 Å². The van der Waals surface area contributed by atoms with Gasteiger partial charge in [-0.05, 0) is 77.0 Å². The van der Waals surface area contributed by atoms with Crippen LogP contribution in [-0.2, 0) is 10.4 Å². The molecular formula is C20H36Al2N2O3. The summed E-state index contributed by atoms with van der Waals surface area (Å²) in [4.78, 5) is 0. The summed E-state index contributed by atoms with van der Waals surface area (Å²) < 4.78 is 18.4. The number of hydrogen-bond donors (Lipinski definition) is 2. The first-order chi connectivity index (χ1) is 13.2. The van der Waals surface area contributed by atoms with Gasteiger partial charge < -0.3 is 21.1 Å². The van der Waals surface area contributed by atoms with Gasteiger partial charge in [0.05, 0.1) is 0 Å². The summed E-state index contributed by atoms with van der Waals surface area (Å²) in [5, 5.41) is 7.59. The summed E-state index contributed by atoms with van der Waals surface area (Å²) in [6.07, 6.45) is 13.7. The summed E-state index contributed by atoms with van der Waals surface area (Å²) in [6.45, 7) is 4.61. The van der Waals surface area contributed by atoms with Gasteiger partial charge in [-0.2, -0.15) is 0 Å². The minimum Gasteiger partial charge on any atom is -0.602 e. The summed E-state index contributed by atoms with van der Waals surface area (Å²) in [5.74, 6) is 1.61. The fraction of sp³-hybridized carbons (Fsp3) is 1.00. The van der Waals surface area contributed by atoms with Crippen LogP contribution < -0.4 is 10.6 Å². The van der Waals surface area contributed by atoms with Gasteiger partial charge in [-0.3, -0.25) is 0 Å². The van der Waals surface area contributed by atoms with E-state index in [2.05, 4.69) is 24.5 Å². The lowest BCUT2D eigenvalue weighted by molar-refractivity contribution is 0.0326. The van der Waals surface area contributed by atoms with Gasteiger partial charge in [0.1, 0.15) is 0 Å². The molecule has 0 amide bonds. The Hall–Kier alpha value is 0.865. The molecule has 27 heavy (non-hydrogen) atoms. The monoisotopic (exact) mass is 406 g/mol. The molecule has 150 valence electrons. The molecular weight excluding hydrogens is 370 g/mol. The maximum atomic E-state index is 6.24. The van der Waals surface area contributed by atoms with Crippen molar-refractivity contribution in [1.82, 2.24) is 10.6 Å². The molecule has 4 aliphatic rings. The zero-order valence-corrected chi connectivity index (χ0v) is 19.4. The first kappa shape index (κ1) is 21.1. The van der Waals surface area contributed by atoms with Gasteiger partial charge in [0.2, 0.25) is 0 Å². The standard InChI is InChI=1S/2C10H18NO.2Al.O/c2*1-7-5-6-8-3-2-4-9(12)10(8)11-7;;;/h2*7-11H,2-6H2,1H3;;;/q2*-1;2*+1;. The normalized spacial score (nSPS) is 44.8. The highest BCUT2D eigenvalue weighted by Gasteiger charge is 2.38. The van der Waals surface area contributed by atoms with Crippen molar-refractivity contribution >= 4 is 31.8 Å². The number of hydrogen-bond acceptors (Lipinski definition) is 5. The average Bonchev–Trinajstić information content (AvgIpc) is 2.68. The van der Waals surface area contributed by atoms with Crippen LogP contribution in [0.25, 0.3) is 0 Å². The van der Waals surface area contributed by atoms with E-state index in [1.54, 1.807) is 0 Å². The molecule has 4 fully saturated rings. The maximum absolute atomic E-state index is 6.24. The average molecular weight is 406 g/mol. The van der Waals surface area contributed by atoms with Crippen LogP contribution >= 0.6 is 0 Å². The summed E-state index contributed by atoms with van der Waals surface area (Å²) in [6, 6.07) is 2.35. The van der Waals surface area contributed by atoms with Crippen LogP contribution in [0.4, 0.5) is 0 Å². The first-order valence-corrected chi connectivity index (χ1v) is 13.2. The van der Waals surface area contributed by atoms with E-state index in [1.807, 2.05) is 0 Å². The molecule has 0 aromatic rings. The van der Waals surface area contributed by atoms with Crippen molar-refractivity contribution in [1.29, 1.82) is 0 Å². The Morgan fingerprint density at radius 2 is 1.11 bits per heavy atom. The Morgan fingerprint density at radius 1 is 0.630 bits per heavy atom. The van der Waals surface area contributed by atoms with Gasteiger partial charge in [0.15, 0.2) is 0 Å². The van der Waals surface area contributed by atoms with E-state index in [1.165, 1.54) is 64.2 Å². The Morgan fingerprint density at radius 3 is 1.59 bits per heavy atom. The summed E-state index contributed by atoms with van der Waals surface area (Å²) in [7, 11) is 0. The molecule has 2 N–H and O–H groups in total. The van der Waals surface area contributed by atoms with Crippen molar-refractivity contribution < 1.29 is 10.4 Å². The van der Waals surface area contributed by atoms with Crippen LogP contribution in [-0.4, -0.2) is 68.1 Å². The van der Waals surface area contributed by atoms with E-state index >= 15 is 0 Å². The second kappa shape index (κ2) is 10.3. The molecule has 4 rings (SSSR count). The van der Waals surface area contributed by atoms with E-state index in [9.17, 15) is 0 Å². The highest BCUT2D eigenvalue weighted by atomic mass is 27.3. The van der Waals surface area contributed by atoms with Gasteiger partial charge >= 0.3 is 31.8 Å². The third-order valence-corrected chi connectivity index (χ3v) is 9.22. The molecule has 8 unspecified atom stereocenters. The highest BCUT2D eigenvalue weighted by Crippen LogP contribution is 2.35. The number of rotatable bonds is 6. The van der Waals surface area contributed by atoms with E-state index < -0.39 is 31.8 Å². The predicted octanol–water partition coefficient (Wildman–Crippen LogP) is 2.72. The molecule has 2 aliphatic carbocycles. The van der Waals surface area contributed by atoms with Crippen LogP contribution in [0.15, 0.2) is 0 Å². The molecule has 5 nitrogen and oxygen atoms in total. The number of piperidine rings is 2. The molecule has 2 saturated heterocycles. The Balaban J connectivity index is 1.17. The second-order valence-corrected chi connectivity index (χ2v) is 11.4. The molecule has 0 bridgehead atoms. The minimum absolute atomic E-state index is 0.348. The van der Waals surface area contributed by atoms with Crippen molar-refractivity contribution in [2.75, 3.05) is 0 Å². The first-order valence-electron chi connectivity index (χ1n) is 11.3. The fourth-order valence-electron chi connectivity index (χ4n) is 5.91. The topological polar surface area (TPSA) is 51.8 Å². The van der Waals surface area contributed by atoms with E-state index in [0.717, 1.165) is 11.8 Å². The van der Waals surface area contributed by atoms with Gasteiger partial charge in [-0.25, -0.2) is 0 Å². The van der Waals surface area contributed by atoms with Crippen LogP contribution in [0.2, 0.25) is 0 Å². The molecule has 2 saturated carbocycles. The van der Waals surface area contributed by atoms with Crippen molar-refractivity contribution in [2.45, 2.75) is 114 Å². The molecule has 0 aromatic carbocycles. The molecule has 2 aliphatic heterocycles. The third-order valence-electron chi connectivity index (χ3n) is 7.41. The smallest absolute Gasteiger partial charge is 0.602 e. The van der Waals surface area contributed by atoms with Crippen LogP contribution in [0.3, 0.4) is 0 Å². The molecule has 2 radical (unpaired) electrons. The SMILES string of the molecule is CC1CCC2CCCC([O][Al][O][Al][O]C3CCCC4CCC(C)NC43)C2N1. The molecule has 7 heteroatoms. The quantitative estimate of drug-likeness (QED) is 0.525. The second-order valence-electron chi connectivity index (χ2n) is 9.40. The lowest BCUT2D eigenvalue weighted by Gasteiger charge is -2.45. The van der Waals surface area contributed by atoms with Crippen LogP contribution in [0, 0.1) is 11.8 Å². The fourth-order valence-corrected chi connectivity index (χ4v) is 7.50. The third kappa shape index (κ3) is 5.52. The van der Waals surface area contributed by atoms with Gasteiger partial charge in [-0.15, -0.1) is 0 Å². The zero-order chi connectivity index (χ0) is 18.6. The van der Waals surface area contributed by atoms with Gasteiger partial charge in [-0.1, -0.05) is 12.8 Å². The molecule has 0 aromatic heterocycles. The predicted molar refractivity (Wildman–Crippen MR) is 108 cm³/mol. The van der Waals surface area contributed by atoms with Crippen molar-refractivity contribution in [3.63, 3.8) is 0 Å². The zero-order valence-electron chi connectivity index (χ0n) is 17.1. The van der Waals surface area contributed by atoms with E-state index in [0.29, 0.717) is 36.4 Å². The van der Waals surface area contributed by atoms with Crippen molar-refractivity contribution in [3.05, 3.63) is 0 Å². The number of nitrogens with one attached hydrogen (secondary N) is 2. The summed E-state index contributed by atoms with van der Waals surface area (Å²) in [5.41, 5.74) is 0. The van der Waals surface area contributed by atoms with Gasteiger partial charge in [0.25, 0.3) is 0 Å². The number of fused-ring (bicyclic) bond motifs is 2. The lowest BCUT2D eigenvalue weighted by atomic mass is 9.76. The Labute approximate surface area is 178 Å². The van der Waals surface area contributed by atoms with Crippen LogP contribution in [0.1, 0.15) is 78.1 Å². The molecule has 2 heterocycles. The van der Waals surface area contributed by atoms with Gasteiger partial charge in [0, 0.05) is 36.4 Å². The van der Waals surface area contributed by atoms with Crippen LogP contribution in [0.5, 0.6) is 0 Å². The Bertz CT molecular complexity index is 433. The molecule has 8 atom stereocenters. The lowest BCUT2D eigenvalue weighted by Crippen LogP contribution is -2.56. The van der Waals surface area contributed by atoms with Crippen molar-refractivity contribution in [2.24, 2.45) is 11.8 Å². The molecule has 0 spiro atoms. The largest absolute Gasteiger partial charge is 0.637 e. The minimum atomic E-state index is -0.401. The van der Waals surface area contributed by atoms with E-state index in [4.69, 9.17) is 10.4 Å². The highest BCUT2D eigenvalue weighted by molar-refractivity contribution is 6.34. The Kier molecular flexibility index (Phi) is 8.02. The summed E-state index contributed by atoms with van der Waals surface area (Å²) >= 11 is -0.803. The maximum Gasteiger partial charge on any atom is 0.637 e. The van der Waals surface area contributed by atoms with E-state index in [-0.39, 0.29) is 0 Å².